The number of benzene rings is 1. The smallest absolute Gasteiger partial charge is 0.341 e. The van der Waals surface area contributed by atoms with Crippen molar-refractivity contribution < 1.29 is 19.1 Å². The first-order chi connectivity index (χ1) is 9.17. The maximum atomic E-state index is 11.9. The van der Waals surface area contributed by atoms with E-state index in [9.17, 15) is 9.59 Å². The highest BCUT2D eigenvalue weighted by molar-refractivity contribution is 6.23. The van der Waals surface area contributed by atoms with Crippen molar-refractivity contribution in [3.05, 3.63) is 35.4 Å². The molecule has 0 fully saturated rings. The van der Waals surface area contributed by atoms with Gasteiger partial charge in [-0.25, -0.2) is 4.79 Å². The summed E-state index contributed by atoms with van der Waals surface area (Å²) in [6.45, 7) is 0. The van der Waals surface area contributed by atoms with Crippen LogP contribution in [0.25, 0.3) is 5.57 Å². The van der Waals surface area contributed by atoms with Crippen LogP contribution >= 0.6 is 0 Å². The minimum atomic E-state index is -0.546. The lowest BCUT2D eigenvalue weighted by Crippen LogP contribution is -2.20. The second-order valence-corrected chi connectivity index (χ2v) is 4.35. The lowest BCUT2D eigenvalue weighted by Gasteiger charge is -2.18. The van der Waals surface area contributed by atoms with Crippen LogP contribution in [0.4, 0.5) is 0 Å². The number of Topliss-reactive ketones (excluding diaryl/α,β-unsaturated/α-hetero) is 1. The van der Waals surface area contributed by atoms with Crippen molar-refractivity contribution in [2.75, 3.05) is 14.2 Å². The molecule has 1 aromatic carbocycles. The van der Waals surface area contributed by atoms with E-state index in [-0.39, 0.29) is 11.4 Å². The van der Waals surface area contributed by atoms with E-state index < -0.39 is 5.97 Å². The summed E-state index contributed by atoms with van der Waals surface area (Å²) in [5.74, 6) is 0.0607. The first-order valence-electron chi connectivity index (χ1n) is 6.16. The fraction of sp³-hybridized carbons (Fsp3) is 0.333. The third-order valence-electron chi connectivity index (χ3n) is 3.24. The van der Waals surface area contributed by atoms with Crippen molar-refractivity contribution in [2.45, 2.75) is 19.3 Å². The molecule has 0 unspecified atom stereocenters. The van der Waals surface area contributed by atoms with Crippen molar-refractivity contribution in [3.8, 4) is 5.75 Å². The third kappa shape index (κ3) is 2.67. The van der Waals surface area contributed by atoms with Crippen LogP contribution < -0.4 is 4.74 Å². The Labute approximate surface area is 112 Å². The molecule has 0 aliphatic heterocycles. The number of carbonyl (C=O) groups excluding carboxylic acids is 2. The molecule has 1 aliphatic rings. The van der Waals surface area contributed by atoms with Gasteiger partial charge in [-0.2, -0.15) is 0 Å². The topological polar surface area (TPSA) is 52.6 Å². The van der Waals surface area contributed by atoms with Gasteiger partial charge in [0.2, 0.25) is 0 Å². The number of carbonyl (C=O) groups is 2. The first kappa shape index (κ1) is 13.3. The van der Waals surface area contributed by atoms with Gasteiger partial charge in [0.05, 0.1) is 14.2 Å². The fourth-order valence-corrected chi connectivity index (χ4v) is 2.26. The molecule has 0 bridgehead atoms. The number of allylic oxidation sites excluding steroid dienone is 1. The Balaban J connectivity index is 2.47. The average molecular weight is 260 g/mol. The Hall–Kier alpha value is -2.10. The van der Waals surface area contributed by atoms with E-state index in [2.05, 4.69) is 0 Å². The van der Waals surface area contributed by atoms with Crippen LogP contribution in [0.2, 0.25) is 0 Å². The van der Waals surface area contributed by atoms with Crippen LogP contribution in [0, 0.1) is 0 Å². The quantitative estimate of drug-likeness (QED) is 0.618. The summed E-state index contributed by atoms with van der Waals surface area (Å²) in [6, 6.07) is 7.35. The minimum Gasteiger partial charge on any atom is -0.497 e. The molecule has 1 aliphatic carbocycles. The van der Waals surface area contributed by atoms with Crippen molar-refractivity contribution in [2.24, 2.45) is 0 Å². The average Bonchev–Trinajstić information content (AvgIpc) is 2.46. The highest BCUT2D eigenvalue weighted by atomic mass is 16.5. The molecule has 4 heteroatoms. The maximum absolute atomic E-state index is 11.9. The molecule has 0 atom stereocenters. The van der Waals surface area contributed by atoms with Crippen molar-refractivity contribution in [1.82, 2.24) is 0 Å². The number of hydrogen-bond acceptors (Lipinski definition) is 4. The first-order valence-corrected chi connectivity index (χ1v) is 6.16. The summed E-state index contributed by atoms with van der Waals surface area (Å²) in [4.78, 5) is 23.7. The van der Waals surface area contributed by atoms with E-state index in [4.69, 9.17) is 9.47 Å². The van der Waals surface area contributed by atoms with E-state index in [0.29, 0.717) is 12.8 Å². The molecule has 2 rings (SSSR count). The molecule has 4 nitrogen and oxygen atoms in total. The Morgan fingerprint density at radius 3 is 2.37 bits per heavy atom. The summed E-state index contributed by atoms with van der Waals surface area (Å²) in [5.41, 5.74) is 1.83. The standard InChI is InChI=1S/C15H16O4/c1-18-11-8-6-10(7-9-11)12-4-3-5-13(16)14(12)15(17)19-2/h6-9H,3-5H2,1-2H3. The zero-order chi connectivity index (χ0) is 13.8. The Morgan fingerprint density at radius 2 is 1.79 bits per heavy atom. The maximum Gasteiger partial charge on any atom is 0.341 e. The van der Waals surface area contributed by atoms with Gasteiger partial charge in [-0.1, -0.05) is 12.1 Å². The number of hydrogen-bond donors (Lipinski definition) is 0. The van der Waals surface area contributed by atoms with Gasteiger partial charge in [-0.3, -0.25) is 4.79 Å². The summed E-state index contributed by atoms with van der Waals surface area (Å²) < 4.78 is 9.81. The molecule has 0 saturated heterocycles. The van der Waals surface area contributed by atoms with Crippen LogP contribution in [0.5, 0.6) is 5.75 Å². The van der Waals surface area contributed by atoms with E-state index in [0.717, 1.165) is 23.3 Å². The van der Waals surface area contributed by atoms with Crippen LogP contribution in [0.15, 0.2) is 29.8 Å². The number of esters is 1. The molecule has 0 heterocycles. The second kappa shape index (κ2) is 5.69. The van der Waals surface area contributed by atoms with E-state index >= 15 is 0 Å². The van der Waals surface area contributed by atoms with E-state index in [1.165, 1.54) is 7.11 Å². The Morgan fingerprint density at radius 1 is 1.11 bits per heavy atom. The molecular formula is C15H16O4. The molecule has 1 aromatic rings. The lowest BCUT2D eigenvalue weighted by molar-refractivity contribution is -0.137. The van der Waals surface area contributed by atoms with Crippen LogP contribution in [0.3, 0.4) is 0 Å². The van der Waals surface area contributed by atoms with Gasteiger partial charge in [0.1, 0.15) is 11.3 Å². The van der Waals surface area contributed by atoms with Crippen molar-refractivity contribution in [1.29, 1.82) is 0 Å². The zero-order valence-corrected chi connectivity index (χ0v) is 11.1. The fourth-order valence-electron chi connectivity index (χ4n) is 2.26. The number of ether oxygens (including phenoxy) is 2. The number of rotatable bonds is 3. The monoisotopic (exact) mass is 260 g/mol. The van der Waals surface area contributed by atoms with E-state index in [1.807, 2.05) is 24.3 Å². The second-order valence-electron chi connectivity index (χ2n) is 4.35. The van der Waals surface area contributed by atoms with Crippen LogP contribution in [0.1, 0.15) is 24.8 Å². The summed E-state index contributed by atoms with van der Waals surface area (Å²) in [7, 11) is 2.89. The molecule has 0 aromatic heterocycles. The number of methoxy groups -OCH3 is 2. The molecule has 100 valence electrons. The normalized spacial score (nSPS) is 15.4. The predicted octanol–water partition coefficient (Wildman–Crippen LogP) is 2.37. The van der Waals surface area contributed by atoms with Gasteiger partial charge >= 0.3 is 5.97 Å². The molecule has 0 radical (unpaired) electrons. The molecular weight excluding hydrogens is 244 g/mol. The van der Waals surface area contributed by atoms with E-state index in [1.54, 1.807) is 7.11 Å². The highest BCUT2D eigenvalue weighted by Crippen LogP contribution is 2.31. The molecule has 0 saturated carbocycles. The molecule has 0 spiro atoms. The van der Waals surface area contributed by atoms with Gasteiger partial charge in [0, 0.05) is 6.42 Å². The summed E-state index contributed by atoms with van der Waals surface area (Å²) >= 11 is 0. The van der Waals surface area contributed by atoms with Gasteiger partial charge in [0.15, 0.2) is 5.78 Å². The minimum absolute atomic E-state index is 0.135. The van der Waals surface area contributed by atoms with Crippen LogP contribution in [-0.4, -0.2) is 26.0 Å². The summed E-state index contributed by atoms with van der Waals surface area (Å²) in [6.07, 6.45) is 1.88. The predicted molar refractivity (Wildman–Crippen MR) is 70.8 cm³/mol. The van der Waals surface area contributed by atoms with Gasteiger partial charge in [-0.05, 0) is 36.1 Å². The molecule has 19 heavy (non-hydrogen) atoms. The third-order valence-corrected chi connectivity index (χ3v) is 3.24. The van der Waals surface area contributed by atoms with Crippen molar-refractivity contribution >= 4 is 17.3 Å². The van der Waals surface area contributed by atoms with Crippen molar-refractivity contribution in [3.63, 3.8) is 0 Å². The summed E-state index contributed by atoms with van der Waals surface area (Å²) in [5, 5.41) is 0. The van der Waals surface area contributed by atoms with Gasteiger partial charge < -0.3 is 9.47 Å². The van der Waals surface area contributed by atoms with Gasteiger partial charge in [-0.15, -0.1) is 0 Å². The Kier molecular flexibility index (Phi) is 4.00. The Bertz CT molecular complexity index is 526. The SMILES string of the molecule is COC(=O)C1=C(c2ccc(OC)cc2)CCCC1=O. The zero-order valence-electron chi connectivity index (χ0n) is 11.1. The largest absolute Gasteiger partial charge is 0.497 e. The van der Waals surface area contributed by atoms with Gasteiger partial charge in [0.25, 0.3) is 0 Å². The van der Waals surface area contributed by atoms with Crippen LogP contribution in [-0.2, 0) is 14.3 Å². The highest BCUT2D eigenvalue weighted by Gasteiger charge is 2.27. The lowest BCUT2D eigenvalue weighted by atomic mass is 9.86. The number of ketones is 1. The molecule has 0 N–H and O–H groups in total. The molecule has 0 amide bonds.